The Bertz CT molecular complexity index is 307. The van der Waals surface area contributed by atoms with Crippen molar-refractivity contribution in [2.75, 3.05) is 38.8 Å². The summed E-state index contributed by atoms with van der Waals surface area (Å²) in [5.41, 5.74) is 1.06. The van der Waals surface area contributed by atoms with Crippen LogP contribution >= 0.6 is 0 Å². The zero-order valence-electron chi connectivity index (χ0n) is 9.44. The van der Waals surface area contributed by atoms with E-state index >= 15 is 0 Å². The van der Waals surface area contributed by atoms with E-state index in [4.69, 9.17) is 14.2 Å². The van der Waals surface area contributed by atoms with Crippen molar-refractivity contribution >= 4 is 5.69 Å². The molecule has 1 aromatic rings. The third-order valence-corrected chi connectivity index (χ3v) is 2.51. The molecule has 1 aliphatic heterocycles. The Balaban J connectivity index is 1.79. The second-order valence-corrected chi connectivity index (χ2v) is 3.68. The molecule has 16 heavy (non-hydrogen) atoms. The van der Waals surface area contributed by atoms with Gasteiger partial charge in [-0.1, -0.05) is 0 Å². The highest BCUT2D eigenvalue weighted by Gasteiger charge is 2.13. The fourth-order valence-electron chi connectivity index (χ4n) is 1.60. The first-order valence-corrected chi connectivity index (χ1v) is 5.46. The predicted octanol–water partition coefficient (Wildman–Crippen LogP) is 1.52. The quantitative estimate of drug-likeness (QED) is 0.840. The van der Waals surface area contributed by atoms with Crippen LogP contribution in [0.25, 0.3) is 0 Å². The first-order valence-electron chi connectivity index (χ1n) is 5.46. The molecular weight excluding hydrogens is 206 g/mol. The normalized spacial score (nSPS) is 20.4. The van der Waals surface area contributed by atoms with Gasteiger partial charge in [0.25, 0.3) is 0 Å². The lowest BCUT2D eigenvalue weighted by molar-refractivity contribution is -0.0818. The van der Waals surface area contributed by atoms with Gasteiger partial charge in [0, 0.05) is 12.2 Å². The highest BCUT2D eigenvalue weighted by molar-refractivity contribution is 5.46. The van der Waals surface area contributed by atoms with Crippen molar-refractivity contribution in [1.82, 2.24) is 0 Å². The minimum absolute atomic E-state index is 0.149. The van der Waals surface area contributed by atoms with E-state index < -0.39 is 0 Å². The van der Waals surface area contributed by atoms with Crippen molar-refractivity contribution in [2.45, 2.75) is 6.10 Å². The minimum atomic E-state index is 0.149. The SMILES string of the molecule is COc1ccc(NCC2COCCO2)cc1. The monoisotopic (exact) mass is 223 g/mol. The molecule has 1 aliphatic rings. The Kier molecular flexibility index (Phi) is 4.02. The first kappa shape index (κ1) is 11.2. The number of hydrogen-bond donors (Lipinski definition) is 1. The van der Waals surface area contributed by atoms with Crippen LogP contribution in [0.1, 0.15) is 0 Å². The van der Waals surface area contributed by atoms with Crippen molar-refractivity contribution in [2.24, 2.45) is 0 Å². The van der Waals surface area contributed by atoms with Crippen molar-refractivity contribution in [3.63, 3.8) is 0 Å². The third kappa shape index (κ3) is 3.12. The van der Waals surface area contributed by atoms with E-state index in [1.807, 2.05) is 24.3 Å². The van der Waals surface area contributed by atoms with Crippen LogP contribution in [0, 0.1) is 0 Å². The molecule has 88 valence electrons. The molecule has 4 nitrogen and oxygen atoms in total. The molecule has 0 bridgehead atoms. The molecule has 1 atom stereocenters. The lowest BCUT2D eigenvalue weighted by Gasteiger charge is -2.23. The molecule has 1 unspecified atom stereocenters. The number of ether oxygens (including phenoxy) is 3. The van der Waals surface area contributed by atoms with Gasteiger partial charge >= 0.3 is 0 Å². The average Bonchev–Trinajstić information content (AvgIpc) is 2.38. The molecule has 0 aliphatic carbocycles. The number of rotatable bonds is 4. The molecule has 1 aromatic carbocycles. The fraction of sp³-hybridized carbons (Fsp3) is 0.500. The van der Waals surface area contributed by atoms with Gasteiger partial charge in [-0.25, -0.2) is 0 Å². The van der Waals surface area contributed by atoms with E-state index in [2.05, 4.69) is 5.32 Å². The molecule has 1 saturated heterocycles. The van der Waals surface area contributed by atoms with Crippen LogP contribution in [0.4, 0.5) is 5.69 Å². The zero-order valence-corrected chi connectivity index (χ0v) is 9.44. The summed E-state index contributed by atoms with van der Waals surface area (Å²) in [7, 11) is 1.66. The van der Waals surface area contributed by atoms with Gasteiger partial charge in [-0.3, -0.25) is 0 Å². The third-order valence-electron chi connectivity index (χ3n) is 2.51. The molecule has 2 rings (SSSR count). The van der Waals surface area contributed by atoms with Gasteiger partial charge < -0.3 is 19.5 Å². The minimum Gasteiger partial charge on any atom is -0.497 e. The maximum atomic E-state index is 5.53. The number of benzene rings is 1. The van der Waals surface area contributed by atoms with Crippen LogP contribution in [0.5, 0.6) is 5.75 Å². The van der Waals surface area contributed by atoms with Gasteiger partial charge in [-0.05, 0) is 24.3 Å². The molecule has 0 aromatic heterocycles. The van der Waals surface area contributed by atoms with Crippen molar-refractivity contribution in [1.29, 1.82) is 0 Å². The van der Waals surface area contributed by atoms with Crippen LogP contribution in [0.2, 0.25) is 0 Å². The van der Waals surface area contributed by atoms with Crippen molar-refractivity contribution in [3.8, 4) is 5.75 Å². The van der Waals surface area contributed by atoms with Gasteiger partial charge in [-0.2, -0.15) is 0 Å². The Labute approximate surface area is 95.5 Å². The summed E-state index contributed by atoms with van der Waals surface area (Å²) >= 11 is 0. The summed E-state index contributed by atoms with van der Waals surface area (Å²) in [6, 6.07) is 7.84. The number of methoxy groups -OCH3 is 1. The smallest absolute Gasteiger partial charge is 0.119 e. The molecule has 0 saturated carbocycles. The molecule has 1 heterocycles. The molecule has 0 radical (unpaired) electrons. The van der Waals surface area contributed by atoms with Gasteiger partial charge in [0.1, 0.15) is 5.75 Å². The summed E-state index contributed by atoms with van der Waals surface area (Å²) in [4.78, 5) is 0. The van der Waals surface area contributed by atoms with Gasteiger partial charge in [0.05, 0.1) is 33.0 Å². The Hall–Kier alpha value is -1.26. The van der Waals surface area contributed by atoms with E-state index in [0.29, 0.717) is 19.8 Å². The van der Waals surface area contributed by atoms with Crippen LogP contribution in [0.3, 0.4) is 0 Å². The highest BCUT2D eigenvalue weighted by atomic mass is 16.6. The van der Waals surface area contributed by atoms with Crippen LogP contribution < -0.4 is 10.1 Å². The summed E-state index contributed by atoms with van der Waals surface area (Å²) in [6.07, 6.45) is 0.149. The van der Waals surface area contributed by atoms with E-state index in [-0.39, 0.29) is 6.10 Å². The Morgan fingerprint density at radius 3 is 2.75 bits per heavy atom. The maximum Gasteiger partial charge on any atom is 0.119 e. The predicted molar refractivity (Wildman–Crippen MR) is 62.0 cm³/mol. The number of anilines is 1. The lowest BCUT2D eigenvalue weighted by Crippen LogP contribution is -2.34. The first-order chi connectivity index (χ1) is 7.88. The van der Waals surface area contributed by atoms with E-state index in [1.165, 1.54) is 0 Å². The number of nitrogens with one attached hydrogen (secondary N) is 1. The highest BCUT2D eigenvalue weighted by Crippen LogP contribution is 2.15. The van der Waals surface area contributed by atoms with Crippen LogP contribution in [0.15, 0.2) is 24.3 Å². The van der Waals surface area contributed by atoms with Crippen molar-refractivity contribution < 1.29 is 14.2 Å². The molecule has 0 amide bonds. The fourth-order valence-corrected chi connectivity index (χ4v) is 1.60. The second kappa shape index (κ2) is 5.72. The Morgan fingerprint density at radius 1 is 1.31 bits per heavy atom. The largest absolute Gasteiger partial charge is 0.497 e. The summed E-state index contributed by atoms with van der Waals surface area (Å²) in [5.74, 6) is 0.864. The molecule has 0 spiro atoms. The zero-order chi connectivity index (χ0) is 11.2. The van der Waals surface area contributed by atoms with Crippen LogP contribution in [-0.2, 0) is 9.47 Å². The lowest BCUT2D eigenvalue weighted by atomic mass is 10.3. The van der Waals surface area contributed by atoms with Crippen molar-refractivity contribution in [3.05, 3.63) is 24.3 Å². The van der Waals surface area contributed by atoms with E-state index in [0.717, 1.165) is 18.0 Å². The van der Waals surface area contributed by atoms with Gasteiger partial charge in [0.2, 0.25) is 0 Å². The van der Waals surface area contributed by atoms with E-state index in [9.17, 15) is 0 Å². The Morgan fingerprint density at radius 2 is 2.12 bits per heavy atom. The van der Waals surface area contributed by atoms with Crippen LogP contribution in [-0.4, -0.2) is 39.6 Å². The second-order valence-electron chi connectivity index (χ2n) is 3.68. The van der Waals surface area contributed by atoms with Gasteiger partial charge in [0.15, 0.2) is 0 Å². The topological polar surface area (TPSA) is 39.7 Å². The maximum absolute atomic E-state index is 5.53. The standard InChI is InChI=1S/C12H17NO3/c1-14-11-4-2-10(3-5-11)13-8-12-9-15-6-7-16-12/h2-5,12-13H,6-9H2,1H3. The van der Waals surface area contributed by atoms with E-state index in [1.54, 1.807) is 7.11 Å². The van der Waals surface area contributed by atoms with Gasteiger partial charge in [-0.15, -0.1) is 0 Å². The molecule has 4 heteroatoms. The summed E-state index contributed by atoms with van der Waals surface area (Å²) in [5, 5.41) is 3.31. The number of hydrogen-bond acceptors (Lipinski definition) is 4. The summed E-state index contributed by atoms with van der Waals surface area (Å²) in [6.45, 7) is 2.84. The molecular formula is C12H17NO3. The summed E-state index contributed by atoms with van der Waals surface area (Å²) < 4.78 is 15.9. The average molecular weight is 223 g/mol. The molecule has 1 fully saturated rings. The molecule has 1 N–H and O–H groups in total.